The molecule has 2 N–H and O–H groups in total. The molecule has 0 bridgehead atoms. The third kappa shape index (κ3) is 2.97. The van der Waals surface area contributed by atoms with Crippen LogP contribution >= 0.6 is 0 Å². The average molecular weight is 295 g/mol. The van der Waals surface area contributed by atoms with Gasteiger partial charge in [0.1, 0.15) is 4.90 Å². The predicted molar refractivity (Wildman–Crippen MR) is 72.1 cm³/mol. The van der Waals surface area contributed by atoms with Crippen molar-refractivity contribution in [2.45, 2.75) is 18.4 Å². The van der Waals surface area contributed by atoms with Crippen LogP contribution in [0.5, 0.6) is 0 Å². The van der Waals surface area contributed by atoms with Gasteiger partial charge in [-0.05, 0) is 25.1 Å². The van der Waals surface area contributed by atoms with E-state index in [1.54, 1.807) is 0 Å². The molecule has 0 amide bonds. The summed E-state index contributed by atoms with van der Waals surface area (Å²) in [4.78, 5) is 10.9. The maximum atomic E-state index is 12.1. The maximum absolute atomic E-state index is 12.1. The fraction of sp³-hybridized carbons (Fsp3) is 0.167. The quantitative estimate of drug-likeness (QED) is 0.868. The van der Waals surface area contributed by atoms with Gasteiger partial charge in [-0.1, -0.05) is 6.07 Å². The first-order valence-corrected chi connectivity index (χ1v) is 7.29. The molecule has 0 spiro atoms. The highest BCUT2D eigenvalue weighted by Gasteiger charge is 2.17. The maximum Gasteiger partial charge on any atom is 0.335 e. The van der Waals surface area contributed by atoms with Crippen molar-refractivity contribution >= 4 is 21.7 Å². The van der Waals surface area contributed by atoms with Crippen LogP contribution in [0.3, 0.4) is 0 Å². The van der Waals surface area contributed by atoms with E-state index in [2.05, 4.69) is 9.82 Å². The number of carboxylic acids is 1. The second kappa shape index (κ2) is 5.33. The van der Waals surface area contributed by atoms with Crippen LogP contribution in [0.25, 0.3) is 0 Å². The number of carbonyl (C=O) groups is 1. The molecule has 0 fully saturated rings. The van der Waals surface area contributed by atoms with Crippen molar-refractivity contribution in [2.75, 3.05) is 4.72 Å². The summed E-state index contributed by atoms with van der Waals surface area (Å²) in [6.07, 6.45) is 2.65. The second-order valence-electron chi connectivity index (χ2n) is 4.02. The van der Waals surface area contributed by atoms with Crippen molar-refractivity contribution in [2.24, 2.45) is 0 Å². The number of benzene rings is 1. The fourth-order valence-corrected chi connectivity index (χ4v) is 2.59. The van der Waals surface area contributed by atoms with Crippen LogP contribution < -0.4 is 4.72 Å². The molecular formula is C12H13N3O4S. The van der Waals surface area contributed by atoms with Gasteiger partial charge in [0.05, 0.1) is 11.8 Å². The summed E-state index contributed by atoms with van der Waals surface area (Å²) in [7, 11) is -3.77. The standard InChI is InChI=1S/C12H13N3O4S/c1-2-15-8-11(7-13-15)20(18,19)14-10-5-3-4-9(6-10)12(16)17/h3-8,14H,2H2,1H3,(H,16,17). The van der Waals surface area contributed by atoms with Gasteiger partial charge < -0.3 is 5.11 Å². The van der Waals surface area contributed by atoms with Gasteiger partial charge in [0, 0.05) is 18.4 Å². The predicted octanol–water partition coefficient (Wildman–Crippen LogP) is 1.40. The number of carboxylic acid groups (broad SMARTS) is 1. The molecule has 2 aromatic rings. The third-order valence-electron chi connectivity index (χ3n) is 2.61. The molecule has 2 rings (SSSR count). The summed E-state index contributed by atoms with van der Waals surface area (Å²) in [6.45, 7) is 2.40. The number of aromatic nitrogens is 2. The molecule has 0 atom stereocenters. The molecule has 7 nitrogen and oxygen atoms in total. The zero-order valence-electron chi connectivity index (χ0n) is 10.6. The van der Waals surface area contributed by atoms with Gasteiger partial charge in [-0.2, -0.15) is 5.10 Å². The minimum Gasteiger partial charge on any atom is -0.478 e. The van der Waals surface area contributed by atoms with E-state index >= 15 is 0 Å². The minimum atomic E-state index is -3.77. The molecule has 0 unspecified atom stereocenters. The molecule has 0 aliphatic carbocycles. The van der Waals surface area contributed by atoms with Crippen molar-refractivity contribution < 1.29 is 18.3 Å². The van der Waals surface area contributed by atoms with Gasteiger partial charge in [-0.15, -0.1) is 0 Å². The number of nitrogens with one attached hydrogen (secondary N) is 1. The molecule has 1 aromatic heterocycles. The Morgan fingerprint density at radius 3 is 2.80 bits per heavy atom. The highest BCUT2D eigenvalue weighted by atomic mass is 32.2. The Labute approximate surface area is 115 Å². The van der Waals surface area contributed by atoms with E-state index in [4.69, 9.17) is 5.11 Å². The summed E-state index contributed by atoms with van der Waals surface area (Å²) in [5, 5.41) is 12.8. The van der Waals surface area contributed by atoms with E-state index in [1.807, 2.05) is 6.92 Å². The van der Waals surface area contributed by atoms with Crippen molar-refractivity contribution in [1.82, 2.24) is 9.78 Å². The topological polar surface area (TPSA) is 101 Å². The SMILES string of the molecule is CCn1cc(S(=O)(=O)Nc2cccc(C(=O)O)c2)cn1. The van der Waals surface area contributed by atoms with Gasteiger partial charge in [0.2, 0.25) is 0 Å². The van der Waals surface area contributed by atoms with Crippen molar-refractivity contribution in [1.29, 1.82) is 0 Å². The Kier molecular flexibility index (Phi) is 3.75. The zero-order chi connectivity index (χ0) is 14.8. The van der Waals surface area contributed by atoms with E-state index in [0.717, 1.165) is 0 Å². The summed E-state index contributed by atoms with van der Waals surface area (Å²) >= 11 is 0. The van der Waals surface area contributed by atoms with Gasteiger partial charge in [-0.25, -0.2) is 13.2 Å². The molecular weight excluding hydrogens is 282 g/mol. The van der Waals surface area contributed by atoms with Gasteiger partial charge in [0.15, 0.2) is 0 Å². The first-order chi connectivity index (χ1) is 9.42. The Bertz CT molecular complexity index is 737. The van der Waals surface area contributed by atoms with E-state index in [0.29, 0.717) is 6.54 Å². The number of aryl methyl sites for hydroxylation is 1. The van der Waals surface area contributed by atoms with Crippen LogP contribution in [0.4, 0.5) is 5.69 Å². The molecule has 1 heterocycles. The molecule has 0 saturated heterocycles. The lowest BCUT2D eigenvalue weighted by atomic mass is 10.2. The first-order valence-electron chi connectivity index (χ1n) is 5.81. The van der Waals surface area contributed by atoms with Crippen LogP contribution in [0.15, 0.2) is 41.6 Å². The first kappa shape index (κ1) is 14.1. The van der Waals surface area contributed by atoms with E-state index in [1.165, 1.54) is 41.3 Å². The lowest BCUT2D eigenvalue weighted by molar-refractivity contribution is 0.0697. The molecule has 0 radical (unpaired) electrons. The second-order valence-corrected chi connectivity index (χ2v) is 5.71. The molecule has 8 heteroatoms. The highest BCUT2D eigenvalue weighted by Crippen LogP contribution is 2.16. The van der Waals surface area contributed by atoms with Crippen LogP contribution in [-0.4, -0.2) is 29.3 Å². The van der Waals surface area contributed by atoms with Crippen LogP contribution in [0.1, 0.15) is 17.3 Å². The summed E-state index contributed by atoms with van der Waals surface area (Å²) in [5.74, 6) is -1.12. The number of hydrogen-bond acceptors (Lipinski definition) is 4. The largest absolute Gasteiger partial charge is 0.478 e. The zero-order valence-corrected chi connectivity index (χ0v) is 11.5. The number of aromatic carboxylic acids is 1. The average Bonchev–Trinajstić information content (AvgIpc) is 2.88. The lowest BCUT2D eigenvalue weighted by Gasteiger charge is -2.06. The molecule has 0 saturated carbocycles. The monoisotopic (exact) mass is 295 g/mol. The van der Waals surface area contributed by atoms with Crippen molar-refractivity contribution in [3.63, 3.8) is 0 Å². The van der Waals surface area contributed by atoms with Crippen LogP contribution in [0.2, 0.25) is 0 Å². The molecule has 20 heavy (non-hydrogen) atoms. The highest BCUT2D eigenvalue weighted by molar-refractivity contribution is 7.92. The van der Waals surface area contributed by atoms with Crippen molar-refractivity contribution in [3.8, 4) is 0 Å². The van der Waals surface area contributed by atoms with E-state index in [9.17, 15) is 13.2 Å². The minimum absolute atomic E-state index is 0.00875. The fourth-order valence-electron chi connectivity index (χ4n) is 1.59. The Balaban J connectivity index is 2.28. The number of nitrogens with zero attached hydrogens (tertiary/aromatic N) is 2. The summed E-state index contributed by atoms with van der Waals surface area (Å²) in [6, 6.07) is 5.59. The van der Waals surface area contributed by atoms with E-state index in [-0.39, 0.29) is 16.1 Å². The van der Waals surface area contributed by atoms with E-state index < -0.39 is 16.0 Å². The van der Waals surface area contributed by atoms with Crippen LogP contribution in [0, 0.1) is 0 Å². The van der Waals surface area contributed by atoms with Gasteiger partial charge in [0.25, 0.3) is 10.0 Å². The molecule has 0 aliphatic rings. The Morgan fingerprint density at radius 2 is 2.20 bits per heavy atom. The summed E-state index contributed by atoms with van der Waals surface area (Å²) < 4.78 is 28.0. The number of sulfonamides is 1. The van der Waals surface area contributed by atoms with Gasteiger partial charge >= 0.3 is 5.97 Å². The lowest BCUT2D eigenvalue weighted by Crippen LogP contribution is -2.12. The summed E-state index contributed by atoms with van der Waals surface area (Å²) in [5.41, 5.74) is 0.198. The number of hydrogen-bond donors (Lipinski definition) is 2. The van der Waals surface area contributed by atoms with Crippen molar-refractivity contribution in [3.05, 3.63) is 42.2 Å². The Morgan fingerprint density at radius 1 is 1.45 bits per heavy atom. The molecule has 106 valence electrons. The van der Waals surface area contributed by atoms with Gasteiger partial charge in [-0.3, -0.25) is 9.40 Å². The normalized spacial score (nSPS) is 11.2. The molecule has 1 aromatic carbocycles. The Hall–Kier alpha value is -2.35. The van der Waals surface area contributed by atoms with Crippen LogP contribution in [-0.2, 0) is 16.6 Å². The number of anilines is 1. The third-order valence-corrected chi connectivity index (χ3v) is 3.94. The smallest absolute Gasteiger partial charge is 0.335 e. The molecule has 0 aliphatic heterocycles. The number of rotatable bonds is 5.